The predicted molar refractivity (Wildman–Crippen MR) is 102 cm³/mol. The molecule has 4 rings (SSSR count). The molecule has 0 saturated heterocycles. The van der Waals surface area contributed by atoms with Crippen molar-refractivity contribution in [2.75, 3.05) is 5.32 Å². The van der Waals surface area contributed by atoms with Gasteiger partial charge in [0.1, 0.15) is 0 Å². The third-order valence-electron chi connectivity index (χ3n) is 5.86. The van der Waals surface area contributed by atoms with Crippen LogP contribution in [-0.2, 0) is 4.79 Å². The number of anilines is 1. The summed E-state index contributed by atoms with van der Waals surface area (Å²) in [6.45, 7) is 1.68. The fourth-order valence-electron chi connectivity index (χ4n) is 4.66. The average molecular weight is 380 g/mol. The topological polar surface area (TPSA) is 93.4 Å². The van der Waals surface area contributed by atoms with Crippen LogP contribution in [0.25, 0.3) is 0 Å². The maximum absolute atomic E-state index is 13.0. The number of halogens is 1. The third-order valence-corrected chi connectivity index (χ3v) is 5.86. The van der Waals surface area contributed by atoms with Gasteiger partial charge in [0.2, 0.25) is 0 Å². The van der Waals surface area contributed by atoms with E-state index in [1.807, 2.05) is 0 Å². The molecule has 7 heteroatoms. The van der Waals surface area contributed by atoms with Crippen LogP contribution in [0.1, 0.15) is 49.4 Å². The molecule has 1 heterocycles. The number of amides is 2. The third kappa shape index (κ3) is 3.40. The van der Waals surface area contributed by atoms with E-state index in [0.717, 1.165) is 25.7 Å². The first-order valence-electron chi connectivity index (χ1n) is 9.20. The minimum absolute atomic E-state index is 0. The average Bonchev–Trinajstić information content (AvgIpc) is 2.56. The molecule has 26 heavy (non-hydrogen) atoms. The summed E-state index contributed by atoms with van der Waals surface area (Å²) in [5.41, 5.74) is 7.22. The minimum atomic E-state index is -0.603. The molecule has 142 valence electrons. The van der Waals surface area contributed by atoms with E-state index < -0.39 is 6.10 Å². The molecule has 1 aromatic rings. The summed E-state index contributed by atoms with van der Waals surface area (Å²) in [6, 6.07) is 5.72. The monoisotopic (exact) mass is 379 g/mol. The molecule has 0 spiro atoms. The summed E-state index contributed by atoms with van der Waals surface area (Å²) >= 11 is 0. The highest BCUT2D eigenvalue weighted by Crippen LogP contribution is 2.40. The minimum Gasteiger partial charge on any atom is -0.478 e. The number of benzene rings is 1. The SMILES string of the molecule is CC1Oc2c(cccc2C(=O)NC2C3CCCC2CC(N)C3)NC1=O.Cl. The number of hydrogen-bond donors (Lipinski definition) is 3. The van der Waals surface area contributed by atoms with Gasteiger partial charge in [0.15, 0.2) is 11.9 Å². The van der Waals surface area contributed by atoms with E-state index in [4.69, 9.17) is 10.5 Å². The molecule has 4 N–H and O–H groups in total. The van der Waals surface area contributed by atoms with Crippen LogP contribution in [0.4, 0.5) is 5.69 Å². The Bertz CT molecular complexity index is 697. The Hall–Kier alpha value is -1.79. The lowest BCUT2D eigenvalue weighted by atomic mass is 9.67. The molecule has 0 radical (unpaired) electrons. The number of nitrogens with two attached hydrogens (primary N) is 1. The number of para-hydroxylation sites is 1. The van der Waals surface area contributed by atoms with Gasteiger partial charge in [0.25, 0.3) is 11.8 Å². The van der Waals surface area contributed by atoms with Gasteiger partial charge in [-0.1, -0.05) is 12.5 Å². The lowest BCUT2D eigenvalue weighted by Crippen LogP contribution is -2.53. The highest BCUT2D eigenvalue weighted by molar-refractivity contribution is 6.04. The predicted octanol–water partition coefficient (Wildman–Crippen LogP) is 2.46. The first kappa shape index (κ1) is 19.0. The van der Waals surface area contributed by atoms with Gasteiger partial charge in [-0.15, -0.1) is 12.4 Å². The Morgan fingerprint density at radius 2 is 1.96 bits per heavy atom. The Kier molecular flexibility index (Phi) is 5.44. The number of carbonyl (C=O) groups is 2. The van der Waals surface area contributed by atoms with Crippen LogP contribution in [0.2, 0.25) is 0 Å². The number of ether oxygens (including phenoxy) is 1. The Morgan fingerprint density at radius 3 is 2.65 bits per heavy atom. The van der Waals surface area contributed by atoms with Gasteiger partial charge in [-0.3, -0.25) is 9.59 Å². The zero-order valence-corrected chi connectivity index (χ0v) is 15.7. The molecule has 3 aliphatic rings. The van der Waals surface area contributed by atoms with Crippen molar-refractivity contribution in [2.45, 2.75) is 57.2 Å². The lowest BCUT2D eigenvalue weighted by Gasteiger charge is -2.45. The van der Waals surface area contributed by atoms with Crippen LogP contribution in [-0.4, -0.2) is 30.0 Å². The first-order chi connectivity index (χ1) is 12.0. The summed E-state index contributed by atoms with van der Waals surface area (Å²) in [7, 11) is 0. The number of hydrogen-bond acceptors (Lipinski definition) is 4. The van der Waals surface area contributed by atoms with E-state index in [1.54, 1.807) is 25.1 Å². The van der Waals surface area contributed by atoms with Crippen LogP contribution in [0.5, 0.6) is 5.75 Å². The molecule has 2 aliphatic carbocycles. The molecule has 2 amide bonds. The number of fused-ring (bicyclic) bond motifs is 3. The fourth-order valence-corrected chi connectivity index (χ4v) is 4.66. The van der Waals surface area contributed by atoms with Gasteiger partial charge < -0.3 is 21.1 Å². The molecule has 1 aliphatic heterocycles. The second kappa shape index (κ2) is 7.45. The molecule has 6 nitrogen and oxygen atoms in total. The van der Waals surface area contributed by atoms with E-state index in [0.29, 0.717) is 28.8 Å². The molecular weight excluding hydrogens is 354 g/mol. The molecule has 0 aromatic heterocycles. The first-order valence-corrected chi connectivity index (χ1v) is 9.20. The number of rotatable bonds is 2. The molecule has 1 aromatic carbocycles. The summed E-state index contributed by atoms with van der Waals surface area (Å²) in [4.78, 5) is 24.7. The van der Waals surface area contributed by atoms with Crippen molar-refractivity contribution in [3.63, 3.8) is 0 Å². The van der Waals surface area contributed by atoms with Crippen molar-refractivity contribution in [3.8, 4) is 5.75 Å². The van der Waals surface area contributed by atoms with Crippen LogP contribution < -0.4 is 21.1 Å². The summed E-state index contributed by atoms with van der Waals surface area (Å²) in [5.74, 6) is 1.07. The molecule has 3 atom stereocenters. The summed E-state index contributed by atoms with van der Waals surface area (Å²) in [5, 5.41) is 6.04. The van der Waals surface area contributed by atoms with Crippen molar-refractivity contribution in [1.29, 1.82) is 0 Å². The van der Waals surface area contributed by atoms with Gasteiger partial charge in [0.05, 0.1) is 11.3 Å². The van der Waals surface area contributed by atoms with Gasteiger partial charge >= 0.3 is 0 Å². The summed E-state index contributed by atoms with van der Waals surface area (Å²) < 4.78 is 5.70. The van der Waals surface area contributed by atoms with E-state index in [2.05, 4.69) is 10.6 Å². The van der Waals surface area contributed by atoms with E-state index >= 15 is 0 Å². The zero-order valence-electron chi connectivity index (χ0n) is 14.9. The van der Waals surface area contributed by atoms with Crippen molar-refractivity contribution < 1.29 is 14.3 Å². The quantitative estimate of drug-likeness (QED) is 0.735. The molecule has 2 bridgehead atoms. The second-order valence-electron chi connectivity index (χ2n) is 7.61. The number of nitrogens with one attached hydrogen (secondary N) is 2. The molecule has 3 unspecified atom stereocenters. The van der Waals surface area contributed by atoms with Crippen LogP contribution in [0.3, 0.4) is 0 Å². The van der Waals surface area contributed by atoms with Gasteiger partial charge in [-0.2, -0.15) is 0 Å². The maximum atomic E-state index is 13.0. The molecule has 2 fully saturated rings. The van der Waals surface area contributed by atoms with Crippen molar-refractivity contribution in [3.05, 3.63) is 23.8 Å². The smallest absolute Gasteiger partial charge is 0.265 e. The Morgan fingerprint density at radius 1 is 1.27 bits per heavy atom. The molecule has 2 saturated carbocycles. The fraction of sp³-hybridized carbons (Fsp3) is 0.579. The normalized spacial score (nSPS) is 32.4. The van der Waals surface area contributed by atoms with Crippen molar-refractivity contribution in [1.82, 2.24) is 5.32 Å². The van der Waals surface area contributed by atoms with Crippen LogP contribution in [0.15, 0.2) is 18.2 Å². The van der Waals surface area contributed by atoms with E-state index in [9.17, 15) is 9.59 Å². The number of carbonyl (C=O) groups excluding carboxylic acids is 2. The highest BCUT2D eigenvalue weighted by Gasteiger charge is 2.40. The Balaban J connectivity index is 0.00000196. The maximum Gasteiger partial charge on any atom is 0.265 e. The highest BCUT2D eigenvalue weighted by atomic mass is 35.5. The zero-order chi connectivity index (χ0) is 17.6. The van der Waals surface area contributed by atoms with Gasteiger partial charge in [-0.05, 0) is 56.6 Å². The standard InChI is InChI=1S/C19H25N3O3.ClH/c1-10-18(23)21-15-7-3-6-14(17(15)25-10)19(24)22-16-11-4-2-5-12(16)9-13(20)8-11;/h3,6-7,10-13,16H,2,4-5,8-9,20H2,1H3,(H,21,23)(H,22,24);1H. The van der Waals surface area contributed by atoms with Crippen molar-refractivity contribution in [2.24, 2.45) is 17.6 Å². The van der Waals surface area contributed by atoms with Crippen LogP contribution >= 0.6 is 12.4 Å². The second-order valence-corrected chi connectivity index (χ2v) is 7.61. The van der Waals surface area contributed by atoms with Crippen LogP contribution in [0, 0.1) is 11.8 Å². The van der Waals surface area contributed by atoms with Gasteiger partial charge in [0, 0.05) is 12.1 Å². The summed E-state index contributed by atoms with van der Waals surface area (Å²) in [6.07, 6.45) is 4.85. The Labute approximate surface area is 159 Å². The van der Waals surface area contributed by atoms with E-state index in [1.165, 1.54) is 6.42 Å². The van der Waals surface area contributed by atoms with Crippen molar-refractivity contribution >= 4 is 29.9 Å². The lowest BCUT2D eigenvalue weighted by molar-refractivity contribution is -0.122. The van der Waals surface area contributed by atoms with Gasteiger partial charge in [-0.25, -0.2) is 0 Å². The van der Waals surface area contributed by atoms with E-state index in [-0.39, 0.29) is 36.3 Å². The largest absolute Gasteiger partial charge is 0.478 e. The molecular formula is C19H26ClN3O3.